The van der Waals surface area contributed by atoms with Gasteiger partial charge in [-0.1, -0.05) is 13.8 Å². The fourth-order valence-electron chi connectivity index (χ4n) is 1.46. The largest absolute Gasteiger partial charge is 0.488 e. The van der Waals surface area contributed by atoms with Gasteiger partial charge in [-0.15, -0.1) is 0 Å². The lowest BCUT2D eigenvalue weighted by atomic mass is 10.1. The molecule has 1 unspecified atom stereocenters. The van der Waals surface area contributed by atoms with E-state index >= 15 is 0 Å². The summed E-state index contributed by atoms with van der Waals surface area (Å²) in [7, 11) is 0. The predicted molar refractivity (Wildman–Crippen MR) is 69.4 cm³/mol. The lowest BCUT2D eigenvalue weighted by Crippen LogP contribution is -2.28. The third kappa shape index (κ3) is 3.89. The second kappa shape index (κ2) is 6.45. The summed E-state index contributed by atoms with van der Waals surface area (Å²) in [6, 6.07) is 3.52. The molecule has 0 bridgehead atoms. The summed E-state index contributed by atoms with van der Waals surface area (Å²) in [4.78, 5) is 12.0. The van der Waals surface area contributed by atoms with Gasteiger partial charge in [-0.3, -0.25) is 4.79 Å². The molecule has 0 aliphatic carbocycles. The fourth-order valence-corrected chi connectivity index (χ4v) is 1.46. The van der Waals surface area contributed by atoms with Crippen LogP contribution in [0.25, 0.3) is 0 Å². The Kier molecular flexibility index (Phi) is 5.22. The van der Waals surface area contributed by atoms with Crippen molar-refractivity contribution >= 4 is 0 Å². The minimum absolute atomic E-state index is 0.00357. The van der Waals surface area contributed by atoms with Crippen LogP contribution >= 0.6 is 0 Å². The summed E-state index contributed by atoms with van der Waals surface area (Å²) in [6.07, 6.45) is 2.69. The van der Waals surface area contributed by atoms with Gasteiger partial charge in [0.2, 0.25) is 0 Å². The molecule has 17 heavy (non-hydrogen) atoms. The van der Waals surface area contributed by atoms with Gasteiger partial charge in [0.05, 0.1) is 6.61 Å². The highest BCUT2D eigenvalue weighted by molar-refractivity contribution is 5.17. The number of nitrogens with two attached hydrogens (primary N) is 1. The van der Waals surface area contributed by atoms with Crippen LogP contribution in [-0.4, -0.2) is 17.7 Å². The Hall–Kier alpha value is -1.29. The third-order valence-electron chi connectivity index (χ3n) is 2.71. The number of pyridine rings is 1. The van der Waals surface area contributed by atoms with Gasteiger partial charge in [0.25, 0.3) is 5.56 Å². The van der Waals surface area contributed by atoms with Gasteiger partial charge in [-0.25, -0.2) is 0 Å². The second-order valence-electron chi connectivity index (χ2n) is 4.70. The molecule has 2 N–H and O–H groups in total. The third-order valence-corrected chi connectivity index (χ3v) is 2.71. The molecule has 0 amide bonds. The molecule has 0 aromatic carbocycles. The highest BCUT2D eigenvalue weighted by atomic mass is 16.5. The Morgan fingerprint density at radius 1 is 1.41 bits per heavy atom. The van der Waals surface area contributed by atoms with Gasteiger partial charge >= 0.3 is 0 Å². The zero-order valence-corrected chi connectivity index (χ0v) is 10.8. The Bertz CT molecular complexity index is 399. The van der Waals surface area contributed by atoms with Gasteiger partial charge in [0, 0.05) is 18.8 Å². The van der Waals surface area contributed by atoms with Crippen molar-refractivity contribution in [3.05, 3.63) is 28.7 Å². The quantitative estimate of drug-likeness (QED) is 0.822. The van der Waals surface area contributed by atoms with E-state index in [1.807, 2.05) is 13.0 Å². The Labute approximate surface area is 102 Å². The fraction of sp³-hybridized carbons (Fsp3) is 0.615. The molecule has 1 atom stereocenters. The van der Waals surface area contributed by atoms with Crippen LogP contribution in [0.15, 0.2) is 23.1 Å². The molecule has 0 aliphatic heterocycles. The SMILES string of the molecule is CC(C)CCOc1cccn(C(C)CN)c1=O. The van der Waals surface area contributed by atoms with Crippen molar-refractivity contribution in [3.8, 4) is 5.75 Å². The zero-order chi connectivity index (χ0) is 12.8. The number of nitrogens with zero attached hydrogens (tertiary/aromatic N) is 1. The number of hydrogen-bond donors (Lipinski definition) is 1. The van der Waals surface area contributed by atoms with E-state index < -0.39 is 0 Å². The van der Waals surface area contributed by atoms with E-state index in [1.165, 1.54) is 0 Å². The maximum Gasteiger partial charge on any atom is 0.293 e. The lowest BCUT2D eigenvalue weighted by Gasteiger charge is -2.14. The summed E-state index contributed by atoms with van der Waals surface area (Å²) in [5, 5.41) is 0. The van der Waals surface area contributed by atoms with Gasteiger partial charge in [0.1, 0.15) is 0 Å². The maximum atomic E-state index is 12.0. The van der Waals surface area contributed by atoms with Crippen LogP contribution in [0.1, 0.15) is 33.2 Å². The van der Waals surface area contributed by atoms with Crippen LogP contribution in [0.2, 0.25) is 0 Å². The lowest BCUT2D eigenvalue weighted by molar-refractivity contribution is 0.282. The predicted octanol–water partition coefficient (Wildman–Crippen LogP) is 1.79. The first kappa shape index (κ1) is 13.8. The summed E-state index contributed by atoms with van der Waals surface area (Å²) < 4.78 is 7.12. The van der Waals surface area contributed by atoms with E-state index in [0.717, 1.165) is 6.42 Å². The molecule has 0 spiro atoms. The van der Waals surface area contributed by atoms with E-state index in [2.05, 4.69) is 13.8 Å². The summed E-state index contributed by atoms with van der Waals surface area (Å²) in [5.74, 6) is 0.984. The molecule has 96 valence electrons. The molecule has 0 fully saturated rings. The molecule has 0 saturated heterocycles. The van der Waals surface area contributed by atoms with Crippen molar-refractivity contribution in [1.82, 2.24) is 4.57 Å². The Morgan fingerprint density at radius 3 is 2.71 bits per heavy atom. The number of aromatic nitrogens is 1. The standard InChI is InChI=1S/C13H22N2O2/c1-10(2)6-8-17-12-5-4-7-15(13(12)16)11(3)9-14/h4-5,7,10-11H,6,8-9,14H2,1-3H3. The summed E-state index contributed by atoms with van der Waals surface area (Å²) in [5.41, 5.74) is 5.46. The number of ether oxygens (including phenoxy) is 1. The molecule has 4 heteroatoms. The molecule has 1 heterocycles. The van der Waals surface area contributed by atoms with Crippen LogP contribution in [0.4, 0.5) is 0 Å². The van der Waals surface area contributed by atoms with E-state index in [-0.39, 0.29) is 11.6 Å². The van der Waals surface area contributed by atoms with Gasteiger partial charge in [0.15, 0.2) is 5.75 Å². The normalized spacial score (nSPS) is 12.8. The summed E-state index contributed by atoms with van der Waals surface area (Å²) >= 11 is 0. The average Bonchev–Trinajstić information content (AvgIpc) is 2.30. The topological polar surface area (TPSA) is 57.2 Å². The highest BCUT2D eigenvalue weighted by Crippen LogP contribution is 2.08. The molecule has 1 aromatic heterocycles. The number of hydrogen-bond acceptors (Lipinski definition) is 3. The van der Waals surface area contributed by atoms with E-state index in [1.54, 1.807) is 16.8 Å². The molecule has 0 saturated carbocycles. The van der Waals surface area contributed by atoms with E-state index in [4.69, 9.17) is 10.5 Å². The minimum Gasteiger partial charge on any atom is -0.488 e. The molecule has 0 aliphatic rings. The smallest absolute Gasteiger partial charge is 0.293 e. The van der Waals surface area contributed by atoms with Crippen LogP contribution in [0.5, 0.6) is 5.75 Å². The molecular weight excluding hydrogens is 216 g/mol. The van der Waals surface area contributed by atoms with Gasteiger partial charge in [-0.05, 0) is 31.4 Å². The van der Waals surface area contributed by atoms with Crippen LogP contribution < -0.4 is 16.0 Å². The van der Waals surface area contributed by atoms with Crippen molar-refractivity contribution in [2.45, 2.75) is 33.2 Å². The Balaban J connectivity index is 2.77. The van der Waals surface area contributed by atoms with Gasteiger partial charge < -0.3 is 15.0 Å². The first-order valence-corrected chi connectivity index (χ1v) is 6.10. The van der Waals surface area contributed by atoms with E-state index in [9.17, 15) is 4.79 Å². The summed E-state index contributed by atoms with van der Waals surface area (Å²) in [6.45, 7) is 7.19. The second-order valence-corrected chi connectivity index (χ2v) is 4.70. The molecule has 0 radical (unpaired) electrons. The molecule has 1 aromatic rings. The van der Waals surface area contributed by atoms with Crippen molar-refractivity contribution in [2.24, 2.45) is 11.7 Å². The first-order valence-electron chi connectivity index (χ1n) is 6.10. The zero-order valence-electron chi connectivity index (χ0n) is 10.8. The van der Waals surface area contributed by atoms with Crippen molar-refractivity contribution < 1.29 is 4.74 Å². The maximum absolute atomic E-state index is 12.0. The number of rotatable bonds is 6. The Morgan fingerprint density at radius 2 is 2.12 bits per heavy atom. The van der Waals surface area contributed by atoms with Crippen LogP contribution in [0, 0.1) is 5.92 Å². The minimum atomic E-state index is -0.103. The van der Waals surface area contributed by atoms with Crippen LogP contribution in [0.3, 0.4) is 0 Å². The highest BCUT2D eigenvalue weighted by Gasteiger charge is 2.08. The molecule has 4 nitrogen and oxygen atoms in total. The van der Waals surface area contributed by atoms with E-state index in [0.29, 0.717) is 24.8 Å². The average molecular weight is 238 g/mol. The molecular formula is C13H22N2O2. The van der Waals surface area contributed by atoms with Crippen molar-refractivity contribution in [2.75, 3.05) is 13.2 Å². The monoisotopic (exact) mass is 238 g/mol. The van der Waals surface area contributed by atoms with Crippen molar-refractivity contribution in [1.29, 1.82) is 0 Å². The van der Waals surface area contributed by atoms with Crippen molar-refractivity contribution in [3.63, 3.8) is 0 Å². The van der Waals surface area contributed by atoms with Crippen LogP contribution in [-0.2, 0) is 0 Å². The molecule has 1 rings (SSSR count). The van der Waals surface area contributed by atoms with Gasteiger partial charge in [-0.2, -0.15) is 0 Å². The first-order chi connectivity index (χ1) is 8.06.